The van der Waals surface area contributed by atoms with Gasteiger partial charge < -0.3 is 0 Å². The molecule has 4 saturated carbocycles. The molecular weight excluding hydrogens is 254 g/mol. The predicted octanol–water partition coefficient (Wildman–Crippen LogP) is 4.71. The van der Waals surface area contributed by atoms with Gasteiger partial charge in [0.15, 0.2) is 0 Å². The number of fused-ring (bicyclic) bond motifs is 7. The second-order valence-electron chi connectivity index (χ2n) is 9.19. The molecule has 1 aliphatic heterocycles. The molecule has 5 aliphatic rings. The van der Waals surface area contributed by atoms with Crippen LogP contribution in [0.15, 0.2) is 0 Å². The lowest BCUT2D eigenvalue weighted by Crippen LogP contribution is -2.46. The highest BCUT2D eigenvalue weighted by molar-refractivity contribution is 5.11. The topological polar surface area (TPSA) is 3.24 Å². The molecular formula is C20H33N. The third kappa shape index (κ3) is 1.85. The van der Waals surface area contributed by atoms with Gasteiger partial charge in [0.25, 0.3) is 0 Å². The van der Waals surface area contributed by atoms with Gasteiger partial charge in [-0.25, -0.2) is 0 Å². The van der Waals surface area contributed by atoms with Crippen molar-refractivity contribution >= 4 is 0 Å². The Morgan fingerprint density at radius 3 is 2.29 bits per heavy atom. The van der Waals surface area contributed by atoms with E-state index < -0.39 is 0 Å². The van der Waals surface area contributed by atoms with Gasteiger partial charge in [-0.15, -0.1) is 0 Å². The Balaban J connectivity index is 1.46. The lowest BCUT2D eigenvalue weighted by atomic mass is 9.61. The van der Waals surface area contributed by atoms with E-state index in [2.05, 4.69) is 11.9 Å². The van der Waals surface area contributed by atoms with E-state index in [1.165, 1.54) is 25.7 Å². The molecule has 118 valence electrons. The maximum atomic E-state index is 2.93. The Morgan fingerprint density at radius 2 is 1.38 bits per heavy atom. The van der Waals surface area contributed by atoms with Gasteiger partial charge in [-0.05, 0) is 81.1 Å². The molecule has 0 bridgehead atoms. The standard InChI is InChI=1S/C20H33N/c1-21-18-9-5-4-8-16(18)17-12-14-11-10-13-6-2-3-7-15(13)19(14)20(17)21/h13-20H,2-12H2,1H3. The van der Waals surface area contributed by atoms with Crippen molar-refractivity contribution in [1.29, 1.82) is 0 Å². The molecule has 0 aromatic rings. The van der Waals surface area contributed by atoms with Crippen LogP contribution in [0.1, 0.15) is 70.6 Å². The molecule has 5 rings (SSSR count). The summed E-state index contributed by atoms with van der Waals surface area (Å²) in [6.45, 7) is 0. The summed E-state index contributed by atoms with van der Waals surface area (Å²) in [5.74, 6) is 6.64. The molecule has 0 aromatic heterocycles. The van der Waals surface area contributed by atoms with Gasteiger partial charge in [-0.3, -0.25) is 4.90 Å². The number of likely N-dealkylation sites (tertiary alicyclic amines) is 1. The van der Waals surface area contributed by atoms with Crippen molar-refractivity contribution in [1.82, 2.24) is 4.90 Å². The Hall–Kier alpha value is -0.0400. The molecule has 0 N–H and O–H groups in total. The van der Waals surface area contributed by atoms with Gasteiger partial charge in [-0.2, -0.15) is 0 Å². The van der Waals surface area contributed by atoms with Crippen LogP contribution in [0.4, 0.5) is 0 Å². The third-order valence-corrected chi connectivity index (χ3v) is 8.65. The minimum absolute atomic E-state index is 0.971. The van der Waals surface area contributed by atoms with Crippen LogP contribution in [0.5, 0.6) is 0 Å². The number of rotatable bonds is 0. The zero-order valence-electron chi connectivity index (χ0n) is 13.8. The Labute approximate surface area is 130 Å². The van der Waals surface area contributed by atoms with Crippen molar-refractivity contribution in [2.45, 2.75) is 82.7 Å². The average molecular weight is 287 g/mol. The molecule has 0 aromatic carbocycles. The van der Waals surface area contributed by atoms with E-state index in [1.54, 1.807) is 44.9 Å². The monoisotopic (exact) mass is 287 g/mol. The minimum Gasteiger partial charge on any atom is -0.300 e. The number of hydrogen-bond donors (Lipinski definition) is 0. The van der Waals surface area contributed by atoms with E-state index >= 15 is 0 Å². The molecule has 0 radical (unpaired) electrons. The number of hydrogen-bond acceptors (Lipinski definition) is 1. The van der Waals surface area contributed by atoms with Crippen LogP contribution >= 0.6 is 0 Å². The van der Waals surface area contributed by atoms with Crippen LogP contribution < -0.4 is 0 Å². The van der Waals surface area contributed by atoms with Crippen LogP contribution in [0, 0.1) is 35.5 Å². The first-order chi connectivity index (χ1) is 10.3. The molecule has 0 amide bonds. The quantitative estimate of drug-likeness (QED) is 0.623. The predicted molar refractivity (Wildman–Crippen MR) is 87.1 cm³/mol. The molecule has 1 nitrogen and oxygen atoms in total. The van der Waals surface area contributed by atoms with Crippen LogP contribution in [-0.4, -0.2) is 24.0 Å². The highest BCUT2D eigenvalue weighted by Crippen LogP contribution is 2.61. The summed E-state index contributed by atoms with van der Waals surface area (Å²) in [5.41, 5.74) is 0. The maximum absolute atomic E-state index is 2.93. The van der Waals surface area contributed by atoms with Crippen molar-refractivity contribution < 1.29 is 0 Å². The van der Waals surface area contributed by atoms with Crippen LogP contribution in [-0.2, 0) is 0 Å². The zero-order valence-corrected chi connectivity index (χ0v) is 13.8. The Kier molecular flexibility index (Phi) is 3.18. The average Bonchev–Trinajstić information content (AvgIpc) is 3.05. The normalized spacial score (nSPS) is 56.4. The first kappa shape index (κ1) is 13.4. The summed E-state index contributed by atoms with van der Waals surface area (Å²) in [7, 11) is 2.52. The van der Waals surface area contributed by atoms with Crippen molar-refractivity contribution in [3.63, 3.8) is 0 Å². The summed E-state index contributed by atoms with van der Waals surface area (Å²) in [6.07, 6.45) is 17.1. The lowest BCUT2D eigenvalue weighted by molar-refractivity contribution is 0.0240. The summed E-state index contributed by atoms with van der Waals surface area (Å²) < 4.78 is 0. The first-order valence-electron chi connectivity index (χ1n) is 10.1. The fourth-order valence-electron chi connectivity index (χ4n) is 8.02. The first-order valence-corrected chi connectivity index (χ1v) is 10.1. The van der Waals surface area contributed by atoms with Crippen molar-refractivity contribution in [3.05, 3.63) is 0 Å². The Morgan fingerprint density at radius 1 is 0.667 bits per heavy atom. The molecule has 1 heterocycles. The SMILES string of the molecule is CN1C2CCCCC2C2CC3CCC4CCCCC4C3C21. The van der Waals surface area contributed by atoms with E-state index in [4.69, 9.17) is 0 Å². The van der Waals surface area contributed by atoms with Gasteiger partial charge >= 0.3 is 0 Å². The molecule has 1 heteroatoms. The van der Waals surface area contributed by atoms with Crippen LogP contribution in [0.25, 0.3) is 0 Å². The zero-order chi connectivity index (χ0) is 14.0. The second-order valence-corrected chi connectivity index (χ2v) is 9.19. The smallest absolute Gasteiger partial charge is 0.0160 e. The fourth-order valence-corrected chi connectivity index (χ4v) is 8.02. The van der Waals surface area contributed by atoms with E-state index in [9.17, 15) is 0 Å². The van der Waals surface area contributed by atoms with Gasteiger partial charge in [0.1, 0.15) is 0 Å². The fraction of sp³-hybridized carbons (Fsp3) is 1.00. The van der Waals surface area contributed by atoms with Crippen LogP contribution in [0.2, 0.25) is 0 Å². The maximum Gasteiger partial charge on any atom is 0.0160 e. The minimum atomic E-state index is 0.971. The summed E-state index contributed by atoms with van der Waals surface area (Å²) >= 11 is 0. The highest BCUT2D eigenvalue weighted by Gasteiger charge is 2.59. The largest absolute Gasteiger partial charge is 0.300 e. The molecule has 21 heavy (non-hydrogen) atoms. The summed E-state index contributed by atoms with van der Waals surface area (Å²) in [4.78, 5) is 2.93. The number of nitrogens with zero attached hydrogens (tertiary/aromatic N) is 1. The summed E-state index contributed by atoms with van der Waals surface area (Å²) in [5, 5.41) is 0. The molecule has 0 spiro atoms. The van der Waals surface area contributed by atoms with Gasteiger partial charge in [-0.1, -0.05) is 32.1 Å². The van der Waals surface area contributed by atoms with Crippen LogP contribution in [0.3, 0.4) is 0 Å². The molecule has 5 fully saturated rings. The molecule has 4 aliphatic carbocycles. The van der Waals surface area contributed by atoms with E-state index in [-0.39, 0.29) is 0 Å². The summed E-state index contributed by atoms with van der Waals surface area (Å²) in [6, 6.07) is 1.97. The van der Waals surface area contributed by atoms with E-state index in [0.29, 0.717) is 0 Å². The second kappa shape index (κ2) is 4.98. The van der Waals surface area contributed by atoms with E-state index in [0.717, 1.165) is 47.6 Å². The third-order valence-electron chi connectivity index (χ3n) is 8.65. The van der Waals surface area contributed by atoms with Crippen molar-refractivity contribution in [2.24, 2.45) is 35.5 Å². The molecule has 1 saturated heterocycles. The lowest BCUT2D eigenvalue weighted by Gasteiger charge is -2.47. The van der Waals surface area contributed by atoms with Crippen molar-refractivity contribution in [3.8, 4) is 0 Å². The van der Waals surface area contributed by atoms with E-state index in [1.807, 2.05) is 0 Å². The van der Waals surface area contributed by atoms with Gasteiger partial charge in [0.05, 0.1) is 0 Å². The van der Waals surface area contributed by atoms with Gasteiger partial charge in [0, 0.05) is 12.1 Å². The van der Waals surface area contributed by atoms with Gasteiger partial charge in [0.2, 0.25) is 0 Å². The highest BCUT2D eigenvalue weighted by atomic mass is 15.2. The van der Waals surface area contributed by atoms with Crippen molar-refractivity contribution in [2.75, 3.05) is 7.05 Å². The molecule has 8 unspecified atom stereocenters. The Bertz CT molecular complexity index is 405. The molecule has 8 atom stereocenters.